The molecule has 2 rings (SSSR count). The van der Waals surface area contributed by atoms with Crippen molar-refractivity contribution in [3.63, 3.8) is 0 Å². The zero-order valence-corrected chi connectivity index (χ0v) is 13.6. The van der Waals surface area contributed by atoms with Crippen LogP contribution in [-0.4, -0.2) is 0 Å². The van der Waals surface area contributed by atoms with Crippen LogP contribution in [0.2, 0.25) is 0 Å². The van der Waals surface area contributed by atoms with Crippen LogP contribution in [0.3, 0.4) is 0 Å². The van der Waals surface area contributed by atoms with Gasteiger partial charge >= 0.3 is 0 Å². The maximum absolute atomic E-state index is 4.48. The molecule has 2 aromatic rings. The van der Waals surface area contributed by atoms with Crippen LogP contribution in [0, 0.1) is 6.92 Å². The molecule has 2 aromatic carbocycles. The van der Waals surface area contributed by atoms with Gasteiger partial charge in [-0.15, -0.1) is 12.6 Å². The van der Waals surface area contributed by atoms with E-state index in [0.29, 0.717) is 0 Å². The summed E-state index contributed by atoms with van der Waals surface area (Å²) in [6, 6.07) is 13.2. The molecule has 106 valence electrons. The Hall–Kier alpha value is -1.21. The second-order valence-corrected chi connectivity index (χ2v) is 5.89. The van der Waals surface area contributed by atoms with Gasteiger partial charge in [-0.25, -0.2) is 0 Å². The van der Waals surface area contributed by atoms with Gasteiger partial charge in [0.2, 0.25) is 0 Å². The van der Waals surface area contributed by atoms with Gasteiger partial charge in [0.25, 0.3) is 0 Å². The molecule has 0 saturated heterocycles. The van der Waals surface area contributed by atoms with Crippen LogP contribution in [0.1, 0.15) is 41.7 Å². The topological polar surface area (TPSA) is 0 Å². The summed E-state index contributed by atoms with van der Waals surface area (Å²) >= 11 is 4.48. The first-order valence-corrected chi connectivity index (χ1v) is 7.98. The van der Waals surface area contributed by atoms with Crippen LogP contribution in [-0.2, 0) is 25.7 Å². The molecular weight excluding hydrogens is 260 g/mol. The molecule has 0 N–H and O–H groups in total. The van der Waals surface area contributed by atoms with Crippen LogP contribution >= 0.6 is 12.6 Å². The van der Waals surface area contributed by atoms with Crippen molar-refractivity contribution < 1.29 is 0 Å². The number of aryl methyl sites for hydroxylation is 4. The molecule has 0 aromatic heterocycles. The van der Waals surface area contributed by atoms with Gasteiger partial charge in [0.05, 0.1) is 0 Å². The van der Waals surface area contributed by atoms with Crippen molar-refractivity contribution in [2.45, 2.75) is 51.3 Å². The van der Waals surface area contributed by atoms with E-state index in [1.54, 1.807) is 0 Å². The van der Waals surface area contributed by atoms with E-state index in [4.69, 9.17) is 0 Å². The van der Waals surface area contributed by atoms with Crippen LogP contribution in [0.25, 0.3) is 0 Å². The lowest BCUT2D eigenvalue weighted by molar-refractivity contribution is 0.897. The molecule has 0 spiro atoms. The Balaban J connectivity index is 2.23. The molecule has 0 nitrogen and oxygen atoms in total. The molecule has 0 fully saturated rings. The van der Waals surface area contributed by atoms with E-state index >= 15 is 0 Å². The Morgan fingerprint density at radius 3 is 2.30 bits per heavy atom. The van der Waals surface area contributed by atoms with E-state index in [-0.39, 0.29) is 0 Å². The smallest absolute Gasteiger partial charge is 0.00429 e. The standard InChI is InChI=1S/C19H24S/c1-4-15-9-11-18(20)13-17(15)10-12-19-14(3)7-6-8-16(19)5-2/h6-9,11,13,20H,4-5,10,12H2,1-3H3. The van der Waals surface area contributed by atoms with Crippen molar-refractivity contribution >= 4 is 12.6 Å². The zero-order valence-electron chi connectivity index (χ0n) is 12.7. The molecule has 0 heterocycles. The van der Waals surface area contributed by atoms with Crippen LogP contribution in [0.4, 0.5) is 0 Å². The molecule has 0 amide bonds. The van der Waals surface area contributed by atoms with E-state index in [1.165, 1.54) is 27.8 Å². The van der Waals surface area contributed by atoms with E-state index < -0.39 is 0 Å². The maximum atomic E-state index is 4.48. The summed E-state index contributed by atoms with van der Waals surface area (Å²) in [5, 5.41) is 0. The number of rotatable bonds is 5. The first-order chi connectivity index (χ1) is 9.65. The average Bonchev–Trinajstić information content (AvgIpc) is 2.46. The first-order valence-electron chi connectivity index (χ1n) is 7.53. The Labute approximate surface area is 128 Å². The number of hydrogen-bond donors (Lipinski definition) is 1. The predicted molar refractivity (Wildman–Crippen MR) is 91.0 cm³/mol. The Kier molecular flexibility index (Phi) is 5.31. The summed E-state index contributed by atoms with van der Waals surface area (Å²) < 4.78 is 0. The van der Waals surface area contributed by atoms with Gasteiger partial charge in [0, 0.05) is 4.90 Å². The maximum Gasteiger partial charge on any atom is 0.00429 e. The minimum atomic E-state index is 1.07. The van der Waals surface area contributed by atoms with E-state index in [0.717, 1.165) is 30.6 Å². The Bertz CT molecular complexity index is 584. The molecule has 0 aliphatic rings. The molecule has 0 saturated carbocycles. The van der Waals surface area contributed by atoms with Crippen molar-refractivity contribution in [1.29, 1.82) is 0 Å². The van der Waals surface area contributed by atoms with Gasteiger partial charge < -0.3 is 0 Å². The highest BCUT2D eigenvalue weighted by Gasteiger charge is 2.07. The molecule has 0 radical (unpaired) electrons. The SMILES string of the molecule is CCc1ccc(S)cc1CCc1c(C)cccc1CC. The molecule has 20 heavy (non-hydrogen) atoms. The minimum Gasteiger partial charge on any atom is -0.143 e. The van der Waals surface area contributed by atoms with Gasteiger partial charge in [-0.1, -0.05) is 38.1 Å². The van der Waals surface area contributed by atoms with Crippen molar-refractivity contribution in [2.24, 2.45) is 0 Å². The second kappa shape index (κ2) is 6.99. The highest BCUT2D eigenvalue weighted by atomic mass is 32.1. The molecular formula is C19H24S. The van der Waals surface area contributed by atoms with Gasteiger partial charge in [-0.3, -0.25) is 0 Å². The second-order valence-electron chi connectivity index (χ2n) is 5.37. The average molecular weight is 284 g/mol. The van der Waals surface area contributed by atoms with Crippen LogP contribution in [0.5, 0.6) is 0 Å². The van der Waals surface area contributed by atoms with Gasteiger partial charge in [-0.2, -0.15) is 0 Å². The number of benzene rings is 2. The lowest BCUT2D eigenvalue weighted by Gasteiger charge is -2.13. The summed E-state index contributed by atoms with van der Waals surface area (Å²) in [4.78, 5) is 1.07. The Morgan fingerprint density at radius 1 is 0.850 bits per heavy atom. The molecule has 0 aliphatic heterocycles. The third-order valence-electron chi connectivity index (χ3n) is 4.10. The van der Waals surface area contributed by atoms with E-state index in [9.17, 15) is 0 Å². The first kappa shape index (κ1) is 15.2. The zero-order chi connectivity index (χ0) is 14.5. The molecule has 0 atom stereocenters. The fourth-order valence-electron chi connectivity index (χ4n) is 2.90. The minimum absolute atomic E-state index is 1.07. The Morgan fingerprint density at radius 2 is 1.60 bits per heavy atom. The van der Waals surface area contributed by atoms with Gasteiger partial charge in [-0.05, 0) is 72.6 Å². The third-order valence-corrected chi connectivity index (χ3v) is 4.38. The quantitative estimate of drug-likeness (QED) is 0.717. The summed E-state index contributed by atoms with van der Waals surface area (Å²) in [7, 11) is 0. The summed E-state index contributed by atoms with van der Waals surface area (Å²) in [5.74, 6) is 0. The largest absolute Gasteiger partial charge is 0.143 e. The molecule has 0 aliphatic carbocycles. The molecule has 0 unspecified atom stereocenters. The highest BCUT2D eigenvalue weighted by molar-refractivity contribution is 7.80. The fourth-order valence-corrected chi connectivity index (χ4v) is 3.13. The van der Waals surface area contributed by atoms with Gasteiger partial charge in [0.1, 0.15) is 0 Å². The van der Waals surface area contributed by atoms with Crippen molar-refractivity contribution in [1.82, 2.24) is 0 Å². The monoisotopic (exact) mass is 284 g/mol. The van der Waals surface area contributed by atoms with Crippen molar-refractivity contribution in [3.8, 4) is 0 Å². The number of thiol groups is 1. The van der Waals surface area contributed by atoms with E-state index in [1.807, 2.05) is 0 Å². The van der Waals surface area contributed by atoms with Crippen molar-refractivity contribution in [2.75, 3.05) is 0 Å². The predicted octanol–water partition coefficient (Wildman–Crippen LogP) is 5.19. The van der Waals surface area contributed by atoms with E-state index in [2.05, 4.69) is 69.8 Å². The summed E-state index contributed by atoms with van der Waals surface area (Å²) in [5.41, 5.74) is 7.34. The van der Waals surface area contributed by atoms with Crippen LogP contribution in [0.15, 0.2) is 41.3 Å². The summed E-state index contributed by atoms with van der Waals surface area (Å²) in [6.45, 7) is 6.69. The summed E-state index contributed by atoms with van der Waals surface area (Å²) in [6.07, 6.45) is 4.44. The number of hydrogen-bond acceptors (Lipinski definition) is 1. The van der Waals surface area contributed by atoms with Crippen molar-refractivity contribution in [3.05, 3.63) is 64.2 Å². The molecule has 1 heteroatoms. The lowest BCUT2D eigenvalue weighted by Crippen LogP contribution is -2.01. The third kappa shape index (κ3) is 3.46. The normalized spacial score (nSPS) is 10.8. The highest BCUT2D eigenvalue weighted by Crippen LogP contribution is 2.21. The van der Waals surface area contributed by atoms with Gasteiger partial charge in [0.15, 0.2) is 0 Å². The molecule has 0 bridgehead atoms. The van der Waals surface area contributed by atoms with Crippen LogP contribution < -0.4 is 0 Å². The lowest BCUT2D eigenvalue weighted by atomic mass is 9.92. The fraction of sp³-hybridized carbons (Fsp3) is 0.368.